The summed E-state index contributed by atoms with van der Waals surface area (Å²) in [5, 5.41) is 19.0. The summed E-state index contributed by atoms with van der Waals surface area (Å²) in [4.78, 5) is 16.3. The fourth-order valence-electron chi connectivity index (χ4n) is 4.27. The molecule has 2 heterocycles. The van der Waals surface area contributed by atoms with Crippen LogP contribution < -0.4 is 68.6 Å². The van der Waals surface area contributed by atoms with Gasteiger partial charge in [0, 0.05) is 31.9 Å². The van der Waals surface area contributed by atoms with Gasteiger partial charge in [-0.15, -0.1) is 0 Å². The number of likely N-dealkylation sites (tertiary alicyclic amines) is 1. The number of amidine groups is 1. The van der Waals surface area contributed by atoms with E-state index in [2.05, 4.69) is 24.0 Å². The number of piperazine rings is 1. The summed E-state index contributed by atoms with van der Waals surface area (Å²) in [5.74, 6) is -0.816. The number of nitrogens with one attached hydrogen (secondary N) is 1. The van der Waals surface area contributed by atoms with Crippen molar-refractivity contribution < 1.29 is 76.6 Å². The monoisotopic (exact) mass is 521 g/mol. The van der Waals surface area contributed by atoms with E-state index in [4.69, 9.17) is 0 Å². The van der Waals surface area contributed by atoms with Crippen LogP contribution in [-0.4, -0.2) is 78.6 Å². The number of anilines is 1. The molecule has 0 aliphatic carbocycles. The molecule has 3 rings (SSSR count). The summed E-state index contributed by atoms with van der Waals surface area (Å²) < 4.78 is 26.7. The SMILES string of the molecule is CCc1ccc(N2CCN(S(=O)(=O)C3(C(=O)NO)CCN(C(C)=[N-])CC3)CC2)cc1.[Rb+]. The molecule has 2 N–H and O–H groups in total. The van der Waals surface area contributed by atoms with E-state index in [0.717, 1.165) is 12.1 Å². The first-order valence-corrected chi connectivity index (χ1v) is 11.7. The quantitative estimate of drug-likeness (QED) is 0.201. The number of rotatable bonds is 5. The number of amides is 1. The van der Waals surface area contributed by atoms with Gasteiger partial charge in [-0.25, -0.2) is 13.9 Å². The molecular formula is C20H30N5O4RbS. The van der Waals surface area contributed by atoms with Crippen molar-refractivity contribution in [1.29, 1.82) is 0 Å². The Balaban J connectivity index is 0.00000341. The van der Waals surface area contributed by atoms with Crippen LogP contribution in [0.3, 0.4) is 0 Å². The molecular weight excluding hydrogens is 492 g/mol. The number of benzene rings is 1. The molecule has 2 aliphatic rings. The maximum Gasteiger partial charge on any atom is 1.00 e. The van der Waals surface area contributed by atoms with E-state index in [1.54, 1.807) is 10.4 Å². The number of hydrogen-bond donors (Lipinski definition) is 2. The third kappa shape index (κ3) is 5.42. The zero-order valence-corrected chi connectivity index (χ0v) is 24.3. The second-order valence-electron chi connectivity index (χ2n) is 7.88. The predicted octanol–water partition coefficient (Wildman–Crippen LogP) is -1.97. The minimum Gasteiger partial charge on any atom is -0.472 e. The molecule has 11 heteroatoms. The number of carbonyl (C=O) groups is 1. The number of piperidine rings is 1. The van der Waals surface area contributed by atoms with E-state index in [-0.39, 0.29) is 103 Å². The zero-order valence-electron chi connectivity index (χ0n) is 18.5. The molecule has 1 amide bonds. The molecule has 0 unspecified atom stereocenters. The van der Waals surface area contributed by atoms with Gasteiger partial charge in [-0.2, -0.15) is 4.31 Å². The Bertz CT molecular complexity index is 877. The van der Waals surface area contributed by atoms with Crippen LogP contribution in [0.1, 0.15) is 32.3 Å². The smallest absolute Gasteiger partial charge is 0.472 e. The summed E-state index contributed by atoms with van der Waals surface area (Å²) in [6.45, 7) is 5.66. The maximum absolute atomic E-state index is 13.5. The molecule has 2 saturated heterocycles. The molecule has 0 spiro atoms. The normalized spacial score (nSPS) is 19.5. The maximum atomic E-state index is 13.5. The van der Waals surface area contributed by atoms with Crippen LogP contribution >= 0.6 is 0 Å². The summed E-state index contributed by atoms with van der Waals surface area (Å²) in [6.07, 6.45) is 0.961. The fraction of sp³-hybridized carbons (Fsp3) is 0.600. The van der Waals surface area contributed by atoms with Gasteiger partial charge in [-0.05, 0) is 57.0 Å². The van der Waals surface area contributed by atoms with Crippen molar-refractivity contribution in [3.63, 3.8) is 0 Å². The van der Waals surface area contributed by atoms with Gasteiger partial charge >= 0.3 is 58.2 Å². The Morgan fingerprint density at radius 1 is 1.10 bits per heavy atom. The Kier molecular flexibility index (Phi) is 9.69. The Morgan fingerprint density at radius 3 is 2.10 bits per heavy atom. The first-order chi connectivity index (χ1) is 14.2. The molecule has 166 valence electrons. The summed E-state index contributed by atoms with van der Waals surface area (Å²) in [7, 11) is -4.01. The van der Waals surface area contributed by atoms with Crippen LogP contribution in [-0.2, 0) is 21.2 Å². The number of sulfonamides is 1. The van der Waals surface area contributed by atoms with Gasteiger partial charge in [-0.1, -0.05) is 24.9 Å². The Labute approximate surface area is 233 Å². The van der Waals surface area contributed by atoms with E-state index in [0.29, 0.717) is 13.1 Å². The molecule has 2 fully saturated rings. The molecule has 31 heavy (non-hydrogen) atoms. The van der Waals surface area contributed by atoms with E-state index in [9.17, 15) is 23.8 Å². The van der Waals surface area contributed by atoms with Crippen LogP contribution in [0.5, 0.6) is 0 Å². The second kappa shape index (κ2) is 11.2. The van der Waals surface area contributed by atoms with Crippen LogP contribution in [0.2, 0.25) is 0 Å². The van der Waals surface area contributed by atoms with Gasteiger partial charge in [0.15, 0.2) is 4.75 Å². The number of hydroxylamine groups is 1. The third-order valence-electron chi connectivity index (χ3n) is 6.33. The first-order valence-electron chi connectivity index (χ1n) is 10.3. The van der Waals surface area contributed by atoms with Crippen LogP contribution in [0.15, 0.2) is 24.3 Å². The van der Waals surface area contributed by atoms with E-state index < -0.39 is 20.7 Å². The van der Waals surface area contributed by atoms with Gasteiger partial charge < -0.3 is 15.2 Å². The van der Waals surface area contributed by atoms with Crippen molar-refractivity contribution in [1.82, 2.24) is 14.7 Å². The standard InChI is InChI=1S/C20H30N5O4S.Rb/c1-3-17-4-6-18(7-5-17)24-12-14-25(15-13-24)30(28,29)20(19(26)22-27)8-10-23(11-9-20)16(2)21;/h4-7,27H,3,8-15H2,1-2H3,(H,22,26);/q-1;+1. The van der Waals surface area contributed by atoms with Crippen molar-refractivity contribution >= 4 is 27.5 Å². The molecule has 1 aromatic rings. The third-order valence-corrected chi connectivity index (χ3v) is 8.95. The van der Waals surface area contributed by atoms with Gasteiger partial charge in [0.2, 0.25) is 10.0 Å². The minimum atomic E-state index is -4.01. The van der Waals surface area contributed by atoms with E-state index in [1.807, 2.05) is 12.1 Å². The number of aryl methyl sites for hydroxylation is 1. The van der Waals surface area contributed by atoms with Crippen molar-refractivity contribution in [2.24, 2.45) is 0 Å². The van der Waals surface area contributed by atoms with E-state index in [1.165, 1.54) is 16.8 Å². The van der Waals surface area contributed by atoms with Crippen molar-refractivity contribution in [2.75, 3.05) is 44.2 Å². The number of hydrogen-bond acceptors (Lipinski definition) is 5. The largest absolute Gasteiger partial charge is 1.00 e. The second-order valence-corrected chi connectivity index (χ2v) is 10.1. The van der Waals surface area contributed by atoms with Crippen LogP contribution in [0.4, 0.5) is 5.69 Å². The van der Waals surface area contributed by atoms with Crippen molar-refractivity contribution in [3.05, 3.63) is 35.2 Å². The van der Waals surface area contributed by atoms with Gasteiger partial charge in [0.05, 0.1) is 0 Å². The van der Waals surface area contributed by atoms with Gasteiger partial charge in [0.1, 0.15) is 0 Å². The Morgan fingerprint density at radius 2 is 1.65 bits per heavy atom. The molecule has 1 aromatic carbocycles. The molecule has 0 aromatic heterocycles. The first kappa shape index (κ1) is 26.9. The van der Waals surface area contributed by atoms with E-state index >= 15 is 0 Å². The topological polar surface area (TPSA) is 115 Å². The van der Waals surface area contributed by atoms with Gasteiger partial charge in [-0.3, -0.25) is 10.0 Å². The molecule has 0 saturated carbocycles. The fourth-order valence-corrected chi connectivity index (χ4v) is 6.39. The molecule has 0 radical (unpaired) electrons. The summed E-state index contributed by atoms with van der Waals surface area (Å²) in [5.41, 5.74) is 3.87. The molecule has 0 atom stereocenters. The number of carbonyl (C=O) groups excluding carboxylic acids is 1. The predicted molar refractivity (Wildman–Crippen MR) is 116 cm³/mol. The molecule has 0 bridgehead atoms. The van der Waals surface area contributed by atoms with Crippen molar-refractivity contribution in [3.8, 4) is 0 Å². The Hall–Kier alpha value is -0.365. The summed E-state index contributed by atoms with van der Waals surface area (Å²) >= 11 is 0. The average Bonchev–Trinajstić information content (AvgIpc) is 2.78. The minimum absolute atomic E-state index is 0. The number of nitrogens with zero attached hydrogens (tertiary/aromatic N) is 4. The molecule has 2 aliphatic heterocycles. The van der Waals surface area contributed by atoms with Gasteiger partial charge in [0.25, 0.3) is 5.91 Å². The van der Waals surface area contributed by atoms with Crippen LogP contribution in [0, 0.1) is 0 Å². The average molecular weight is 522 g/mol. The van der Waals surface area contributed by atoms with Crippen molar-refractivity contribution in [2.45, 2.75) is 37.9 Å². The molecule has 9 nitrogen and oxygen atoms in total. The summed E-state index contributed by atoms with van der Waals surface area (Å²) in [6, 6.07) is 8.25. The van der Waals surface area contributed by atoms with Crippen LogP contribution in [0.25, 0.3) is 5.41 Å². The zero-order chi connectivity index (χ0) is 21.9.